The van der Waals surface area contributed by atoms with Crippen LogP contribution in [0.25, 0.3) is 10.9 Å². The summed E-state index contributed by atoms with van der Waals surface area (Å²) in [6.45, 7) is 0.573. The Bertz CT molecular complexity index is 926. The van der Waals surface area contributed by atoms with Gasteiger partial charge in [0.25, 0.3) is 0 Å². The molecule has 0 amide bonds. The van der Waals surface area contributed by atoms with Crippen molar-refractivity contribution in [1.82, 2.24) is 9.97 Å². The fourth-order valence-corrected chi connectivity index (χ4v) is 2.97. The van der Waals surface area contributed by atoms with Crippen LogP contribution in [0.15, 0.2) is 41.1 Å². The highest BCUT2D eigenvalue weighted by atomic mass is 79.9. The number of rotatable bonds is 7. The Morgan fingerprint density at radius 2 is 2.04 bits per heavy atom. The standard InChI is InChI=1S/C18H17BrFN3O2S/c1-24-16-8-12-15(9-17(16)25-5-6-26-2)21-10-22-18(12)23-14-4-3-11(19)7-13(14)20/h3-4,7-10H,5-6H2,1-2H3,(H,21,22,23). The Morgan fingerprint density at radius 1 is 1.19 bits per heavy atom. The summed E-state index contributed by atoms with van der Waals surface area (Å²) in [5, 5.41) is 3.73. The number of anilines is 2. The van der Waals surface area contributed by atoms with Crippen LogP contribution in [0, 0.1) is 5.82 Å². The van der Waals surface area contributed by atoms with Gasteiger partial charge in [-0.25, -0.2) is 14.4 Å². The van der Waals surface area contributed by atoms with Crippen LogP contribution < -0.4 is 14.8 Å². The molecule has 0 unspecified atom stereocenters. The van der Waals surface area contributed by atoms with Crippen molar-refractivity contribution in [3.63, 3.8) is 0 Å². The van der Waals surface area contributed by atoms with E-state index < -0.39 is 0 Å². The smallest absolute Gasteiger partial charge is 0.163 e. The van der Waals surface area contributed by atoms with Crippen molar-refractivity contribution in [3.05, 3.63) is 46.9 Å². The minimum Gasteiger partial charge on any atom is -0.493 e. The van der Waals surface area contributed by atoms with Crippen molar-refractivity contribution in [1.29, 1.82) is 0 Å². The Kier molecular flexibility index (Phi) is 6.16. The summed E-state index contributed by atoms with van der Waals surface area (Å²) in [5.41, 5.74) is 1.01. The lowest BCUT2D eigenvalue weighted by molar-refractivity contribution is 0.314. The highest BCUT2D eigenvalue weighted by Gasteiger charge is 2.13. The van der Waals surface area contributed by atoms with Crippen LogP contribution in [0.2, 0.25) is 0 Å². The molecule has 0 spiro atoms. The van der Waals surface area contributed by atoms with E-state index in [0.717, 1.165) is 5.75 Å². The number of benzene rings is 2. The van der Waals surface area contributed by atoms with E-state index in [1.165, 1.54) is 12.4 Å². The third-order valence-corrected chi connectivity index (χ3v) is 4.72. The second-order valence-corrected chi connectivity index (χ2v) is 7.23. The molecule has 0 atom stereocenters. The second-order valence-electron chi connectivity index (χ2n) is 5.33. The number of nitrogens with zero attached hydrogens (tertiary/aromatic N) is 2. The molecule has 3 aromatic rings. The van der Waals surface area contributed by atoms with Gasteiger partial charge in [-0.2, -0.15) is 11.8 Å². The van der Waals surface area contributed by atoms with E-state index >= 15 is 0 Å². The molecule has 26 heavy (non-hydrogen) atoms. The number of fused-ring (bicyclic) bond motifs is 1. The SMILES string of the molecule is COc1cc2c(Nc3ccc(Br)cc3F)ncnc2cc1OCCSC. The lowest BCUT2D eigenvalue weighted by Crippen LogP contribution is -2.03. The fourth-order valence-electron chi connectivity index (χ4n) is 2.39. The molecular weight excluding hydrogens is 421 g/mol. The molecular formula is C18H17BrFN3O2S. The molecule has 0 aliphatic rings. The van der Waals surface area contributed by atoms with E-state index in [-0.39, 0.29) is 5.82 Å². The van der Waals surface area contributed by atoms with Crippen LogP contribution in [0.3, 0.4) is 0 Å². The molecule has 0 saturated carbocycles. The summed E-state index contributed by atoms with van der Waals surface area (Å²) in [5.74, 6) is 2.18. The summed E-state index contributed by atoms with van der Waals surface area (Å²) in [7, 11) is 1.58. The van der Waals surface area contributed by atoms with Gasteiger partial charge in [-0.1, -0.05) is 15.9 Å². The van der Waals surface area contributed by atoms with Crippen molar-refractivity contribution in [2.45, 2.75) is 0 Å². The van der Waals surface area contributed by atoms with Gasteiger partial charge in [0, 0.05) is 21.7 Å². The maximum absolute atomic E-state index is 14.1. The molecule has 0 bridgehead atoms. The Labute approximate surface area is 163 Å². The van der Waals surface area contributed by atoms with Crippen molar-refractivity contribution >= 4 is 50.1 Å². The van der Waals surface area contributed by atoms with Gasteiger partial charge in [0.2, 0.25) is 0 Å². The topological polar surface area (TPSA) is 56.3 Å². The molecule has 3 rings (SSSR count). The van der Waals surface area contributed by atoms with Crippen LogP contribution in [0.4, 0.5) is 15.9 Å². The van der Waals surface area contributed by atoms with Crippen LogP contribution in [0.1, 0.15) is 0 Å². The highest BCUT2D eigenvalue weighted by Crippen LogP contribution is 2.35. The Balaban J connectivity index is 1.98. The number of hydrogen-bond acceptors (Lipinski definition) is 6. The molecule has 0 saturated heterocycles. The van der Waals surface area contributed by atoms with Gasteiger partial charge in [-0.15, -0.1) is 0 Å². The van der Waals surface area contributed by atoms with Crippen LogP contribution in [-0.4, -0.2) is 35.7 Å². The van der Waals surface area contributed by atoms with Gasteiger partial charge in [0.15, 0.2) is 11.5 Å². The third-order valence-electron chi connectivity index (χ3n) is 3.65. The van der Waals surface area contributed by atoms with E-state index in [9.17, 15) is 4.39 Å². The van der Waals surface area contributed by atoms with Crippen molar-refractivity contribution < 1.29 is 13.9 Å². The third kappa shape index (κ3) is 4.19. The summed E-state index contributed by atoms with van der Waals surface area (Å²) in [6.07, 6.45) is 3.45. The molecule has 5 nitrogen and oxygen atoms in total. The average Bonchev–Trinajstić information content (AvgIpc) is 2.64. The molecule has 136 valence electrons. The zero-order valence-electron chi connectivity index (χ0n) is 14.3. The van der Waals surface area contributed by atoms with E-state index in [0.29, 0.717) is 45.0 Å². The van der Waals surface area contributed by atoms with Gasteiger partial charge in [-0.3, -0.25) is 0 Å². The molecule has 8 heteroatoms. The first-order valence-electron chi connectivity index (χ1n) is 7.79. The monoisotopic (exact) mass is 437 g/mol. The van der Waals surface area contributed by atoms with Crippen molar-refractivity contribution in [3.8, 4) is 11.5 Å². The quantitative estimate of drug-likeness (QED) is 0.523. The van der Waals surface area contributed by atoms with Crippen molar-refractivity contribution in [2.24, 2.45) is 0 Å². The normalized spacial score (nSPS) is 10.8. The number of hydrogen-bond donors (Lipinski definition) is 1. The molecule has 0 fully saturated rings. The summed E-state index contributed by atoms with van der Waals surface area (Å²) in [6, 6.07) is 8.39. The zero-order valence-corrected chi connectivity index (χ0v) is 16.7. The van der Waals surface area contributed by atoms with Crippen LogP contribution in [-0.2, 0) is 0 Å². The molecule has 0 aliphatic carbocycles. The molecule has 0 aliphatic heterocycles. The summed E-state index contributed by atoms with van der Waals surface area (Å²) >= 11 is 4.95. The summed E-state index contributed by atoms with van der Waals surface area (Å²) < 4.78 is 26.0. The maximum atomic E-state index is 14.1. The largest absolute Gasteiger partial charge is 0.493 e. The molecule has 1 aromatic heterocycles. The number of methoxy groups -OCH3 is 1. The number of ether oxygens (including phenoxy) is 2. The van der Waals surface area contributed by atoms with Crippen LogP contribution >= 0.6 is 27.7 Å². The second kappa shape index (κ2) is 8.55. The zero-order chi connectivity index (χ0) is 18.5. The van der Waals surface area contributed by atoms with Gasteiger partial charge >= 0.3 is 0 Å². The number of aromatic nitrogens is 2. The molecule has 2 aromatic carbocycles. The first-order valence-corrected chi connectivity index (χ1v) is 9.97. The lowest BCUT2D eigenvalue weighted by atomic mass is 10.2. The Hall–Kier alpha value is -2.06. The first-order chi connectivity index (χ1) is 12.6. The number of thioether (sulfide) groups is 1. The minimum absolute atomic E-state index is 0.326. The van der Waals surface area contributed by atoms with E-state index in [4.69, 9.17) is 9.47 Å². The summed E-state index contributed by atoms with van der Waals surface area (Å²) in [4.78, 5) is 8.54. The average molecular weight is 438 g/mol. The van der Waals surface area contributed by atoms with Gasteiger partial charge in [0.1, 0.15) is 18.0 Å². The predicted octanol–water partition coefficient (Wildman–Crippen LogP) is 5.03. The van der Waals surface area contributed by atoms with E-state index in [1.807, 2.05) is 6.26 Å². The minimum atomic E-state index is -0.380. The highest BCUT2D eigenvalue weighted by molar-refractivity contribution is 9.10. The fraction of sp³-hybridized carbons (Fsp3) is 0.222. The number of halogens is 2. The maximum Gasteiger partial charge on any atom is 0.163 e. The Morgan fingerprint density at radius 3 is 2.77 bits per heavy atom. The van der Waals surface area contributed by atoms with Crippen LogP contribution in [0.5, 0.6) is 11.5 Å². The van der Waals surface area contributed by atoms with Gasteiger partial charge in [-0.05, 0) is 30.5 Å². The van der Waals surface area contributed by atoms with Crippen molar-refractivity contribution in [2.75, 3.05) is 31.0 Å². The van der Waals surface area contributed by atoms with Gasteiger partial charge in [0.05, 0.1) is 24.9 Å². The molecule has 1 heterocycles. The van der Waals surface area contributed by atoms with E-state index in [2.05, 4.69) is 31.2 Å². The predicted molar refractivity (Wildman–Crippen MR) is 107 cm³/mol. The number of nitrogens with one attached hydrogen (secondary N) is 1. The lowest BCUT2D eigenvalue weighted by Gasteiger charge is -2.14. The molecule has 0 radical (unpaired) electrons. The first kappa shape index (κ1) is 18.7. The van der Waals surface area contributed by atoms with Gasteiger partial charge < -0.3 is 14.8 Å². The molecule has 1 N–H and O–H groups in total. The van der Waals surface area contributed by atoms with E-state index in [1.54, 1.807) is 43.1 Å².